The Kier molecular flexibility index (Phi) is 7.71. The van der Waals surface area contributed by atoms with Gasteiger partial charge < -0.3 is 4.74 Å². The lowest BCUT2D eigenvalue weighted by molar-refractivity contribution is 0.0919. The summed E-state index contributed by atoms with van der Waals surface area (Å²) in [5.41, 5.74) is 0.924. The molecule has 1 aromatic carbocycles. The third-order valence-corrected chi connectivity index (χ3v) is 6.10. The lowest BCUT2D eigenvalue weighted by atomic mass is 10.3. The highest BCUT2D eigenvalue weighted by Gasteiger charge is 2.26. The average Bonchev–Trinajstić information content (AvgIpc) is 2.93. The smallest absolute Gasteiger partial charge is 0.411 e. The van der Waals surface area contributed by atoms with Gasteiger partial charge in [-0.2, -0.15) is 25.3 Å². The van der Waals surface area contributed by atoms with Gasteiger partial charge in [-0.1, -0.05) is 37.3 Å². The highest BCUT2D eigenvalue weighted by molar-refractivity contribution is 7.81. The minimum Gasteiger partial charge on any atom is -0.449 e. The molecule has 0 saturated heterocycles. The molecule has 5 nitrogen and oxygen atoms in total. The fourth-order valence-electron chi connectivity index (χ4n) is 2.52. The minimum absolute atomic E-state index is 0.0111. The standard InChI is InChI=1S/C17H24N2O3S3/c1-3-14(23)19(15(24)4-2)16(20)22-11-7-10-18-12-8-5-6-9-13(12)25-17(18)21/h5-6,8-9,14-15,23-24H,3-4,7,10-11H2,1-2H3. The highest BCUT2D eigenvalue weighted by Crippen LogP contribution is 2.19. The third kappa shape index (κ3) is 4.95. The van der Waals surface area contributed by atoms with Gasteiger partial charge >= 0.3 is 11.0 Å². The zero-order valence-corrected chi connectivity index (χ0v) is 17.0. The first kappa shape index (κ1) is 20.2. The number of amides is 1. The van der Waals surface area contributed by atoms with Gasteiger partial charge in [-0.15, -0.1) is 0 Å². The van der Waals surface area contributed by atoms with Crippen LogP contribution < -0.4 is 4.87 Å². The Morgan fingerprint density at radius 2 is 1.88 bits per heavy atom. The number of carbonyl (C=O) groups is 1. The summed E-state index contributed by atoms with van der Waals surface area (Å²) in [4.78, 5) is 26.0. The lowest BCUT2D eigenvalue weighted by Gasteiger charge is -2.31. The van der Waals surface area contributed by atoms with Crippen molar-refractivity contribution in [2.45, 2.75) is 50.4 Å². The van der Waals surface area contributed by atoms with E-state index in [2.05, 4.69) is 25.3 Å². The van der Waals surface area contributed by atoms with Gasteiger partial charge in [-0.3, -0.25) is 14.3 Å². The maximum atomic E-state index is 12.3. The van der Waals surface area contributed by atoms with E-state index in [4.69, 9.17) is 4.74 Å². The number of aromatic nitrogens is 1. The topological polar surface area (TPSA) is 51.5 Å². The average molecular weight is 401 g/mol. The van der Waals surface area contributed by atoms with Gasteiger partial charge in [0.2, 0.25) is 0 Å². The first-order valence-corrected chi connectivity index (χ1v) is 10.2. The predicted octanol–water partition coefficient (Wildman–Crippen LogP) is 4.22. The van der Waals surface area contributed by atoms with Crippen molar-refractivity contribution in [2.24, 2.45) is 0 Å². The zero-order valence-electron chi connectivity index (χ0n) is 14.4. The van der Waals surface area contributed by atoms with Crippen LogP contribution in [0.25, 0.3) is 10.2 Å². The molecular weight excluding hydrogens is 376 g/mol. The van der Waals surface area contributed by atoms with Crippen molar-refractivity contribution in [2.75, 3.05) is 6.61 Å². The summed E-state index contributed by atoms with van der Waals surface area (Å²) in [7, 11) is 0. The summed E-state index contributed by atoms with van der Waals surface area (Å²) in [5, 5.41) is -0.447. The van der Waals surface area contributed by atoms with Gasteiger partial charge in [0.25, 0.3) is 0 Å². The van der Waals surface area contributed by atoms with Crippen LogP contribution in [0.4, 0.5) is 4.79 Å². The Hall–Kier alpha value is -1.12. The SMILES string of the molecule is CCC(S)N(C(=O)OCCCn1c(=O)sc2ccccc21)C(S)CC. The van der Waals surface area contributed by atoms with E-state index in [9.17, 15) is 9.59 Å². The molecule has 2 rings (SSSR count). The molecule has 0 N–H and O–H groups in total. The summed E-state index contributed by atoms with van der Waals surface area (Å²) in [6.07, 6.45) is 1.59. The molecule has 8 heteroatoms. The number of carbonyl (C=O) groups excluding carboxylic acids is 1. The number of ether oxygens (including phenoxy) is 1. The molecule has 0 aliphatic carbocycles. The molecule has 1 amide bonds. The van der Waals surface area contributed by atoms with E-state index in [0.29, 0.717) is 25.8 Å². The van der Waals surface area contributed by atoms with Crippen molar-refractivity contribution in [3.63, 3.8) is 0 Å². The molecule has 2 aromatic rings. The monoisotopic (exact) mass is 400 g/mol. The maximum Gasteiger partial charge on any atom is 0.411 e. The number of nitrogens with zero attached hydrogens (tertiary/aromatic N) is 2. The van der Waals surface area contributed by atoms with Gasteiger partial charge in [0.05, 0.1) is 27.6 Å². The van der Waals surface area contributed by atoms with Crippen molar-refractivity contribution in [1.82, 2.24) is 9.47 Å². The largest absolute Gasteiger partial charge is 0.449 e. The molecule has 0 radical (unpaired) electrons. The van der Waals surface area contributed by atoms with Gasteiger partial charge in [0.15, 0.2) is 0 Å². The number of hydrogen-bond acceptors (Lipinski definition) is 6. The Morgan fingerprint density at radius 3 is 2.52 bits per heavy atom. The molecule has 0 fully saturated rings. The first-order valence-electron chi connectivity index (χ1n) is 8.39. The van der Waals surface area contributed by atoms with Crippen LogP contribution >= 0.6 is 36.6 Å². The number of rotatable bonds is 8. The molecule has 0 saturated carbocycles. The predicted molar refractivity (Wildman–Crippen MR) is 110 cm³/mol. The number of hydrogen-bond donors (Lipinski definition) is 2. The van der Waals surface area contributed by atoms with Crippen molar-refractivity contribution in [1.29, 1.82) is 0 Å². The van der Waals surface area contributed by atoms with E-state index in [1.54, 1.807) is 9.47 Å². The Bertz CT molecular complexity index is 749. The van der Waals surface area contributed by atoms with Crippen LogP contribution in [0.5, 0.6) is 0 Å². The number of benzene rings is 1. The van der Waals surface area contributed by atoms with Crippen molar-refractivity contribution in [3.8, 4) is 0 Å². The Balaban J connectivity index is 1.92. The van der Waals surface area contributed by atoms with Crippen molar-refractivity contribution >= 4 is 52.9 Å². The summed E-state index contributed by atoms with van der Waals surface area (Å²) in [6, 6.07) is 7.70. The third-order valence-electron chi connectivity index (χ3n) is 3.91. The normalized spacial score (nSPS) is 13.6. The zero-order chi connectivity index (χ0) is 18.4. The Labute approximate surface area is 162 Å². The van der Waals surface area contributed by atoms with Crippen LogP contribution in [-0.2, 0) is 11.3 Å². The van der Waals surface area contributed by atoms with Crippen molar-refractivity contribution in [3.05, 3.63) is 33.9 Å². The van der Waals surface area contributed by atoms with E-state index in [-0.39, 0.29) is 22.2 Å². The number of para-hydroxylation sites is 1. The first-order chi connectivity index (χ1) is 12.0. The number of fused-ring (bicyclic) bond motifs is 1. The second-order valence-corrected chi connectivity index (χ2v) is 7.83. The van der Waals surface area contributed by atoms with E-state index in [0.717, 1.165) is 10.2 Å². The fourth-order valence-corrected chi connectivity index (χ4v) is 4.05. The highest BCUT2D eigenvalue weighted by atomic mass is 32.1. The summed E-state index contributed by atoms with van der Waals surface area (Å²) >= 11 is 10.1. The van der Waals surface area contributed by atoms with E-state index < -0.39 is 6.09 Å². The van der Waals surface area contributed by atoms with Crippen LogP contribution in [0, 0.1) is 0 Å². The molecular formula is C17H24N2O3S3. The van der Waals surface area contributed by atoms with Crippen LogP contribution in [0.2, 0.25) is 0 Å². The summed E-state index contributed by atoms with van der Waals surface area (Å²) in [6.45, 7) is 4.69. The molecule has 0 bridgehead atoms. The summed E-state index contributed by atoms with van der Waals surface area (Å²) < 4.78 is 8.08. The number of aryl methyl sites for hydroxylation is 1. The molecule has 0 aliphatic heterocycles. The Morgan fingerprint density at radius 1 is 1.24 bits per heavy atom. The maximum absolute atomic E-state index is 12.3. The van der Waals surface area contributed by atoms with E-state index in [1.807, 2.05) is 38.1 Å². The van der Waals surface area contributed by atoms with E-state index >= 15 is 0 Å². The fraction of sp³-hybridized carbons (Fsp3) is 0.529. The second-order valence-electron chi connectivity index (χ2n) is 5.64. The van der Waals surface area contributed by atoms with Crippen molar-refractivity contribution < 1.29 is 9.53 Å². The van der Waals surface area contributed by atoms with Crippen LogP contribution in [-0.4, -0.2) is 32.9 Å². The van der Waals surface area contributed by atoms with E-state index in [1.165, 1.54) is 11.3 Å². The molecule has 25 heavy (non-hydrogen) atoms. The number of thiazole rings is 1. The van der Waals surface area contributed by atoms with Gasteiger partial charge in [0, 0.05) is 6.54 Å². The second kappa shape index (κ2) is 9.54. The summed E-state index contributed by atoms with van der Waals surface area (Å²) in [5.74, 6) is 0. The molecule has 1 aromatic heterocycles. The van der Waals surface area contributed by atoms with Crippen LogP contribution in [0.3, 0.4) is 0 Å². The lowest BCUT2D eigenvalue weighted by Crippen LogP contribution is -2.42. The van der Waals surface area contributed by atoms with Gasteiger partial charge in [-0.05, 0) is 31.4 Å². The molecule has 138 valence electrons. The van der Waals surface area contributed by atoms with Gasteiger partial charge in [0.1, 0.15) is 0 Å². The minimum atomic E-state index is -0.411. The molecule has 0 aliphatic rings. The van der Waals surface area contributed by atoms with Crippen LogP contribution in [0.15, 0.2) is 29.1 Å². The number of thiol groups is 2. The quantitative estimate of drug-likeness (QED) is 0.396. The molecule has 0 spiro atoms. The molecule has 2 unspecified atom stereocenters. The van der Waals surface area contributed by atoms with Gasteiger partial charge in [-0.25, -0.2) is 4.79 Å². The molecule has 1 heterocycles. The van der Waals surface area contributed by atoms with Crippen LogP contribution in [0.1, 0.15) is 33.1 Å². The molecule has 2 atom stereocenters.